The van der Waals surface area contributed by atoms with Crippen molar-refractivity contribution in [1.82, 2.24) is 10.2 Å². The lowest BCUT2D eigenvalue weighted by Crippen LogP contribution is -2.47. The minimum atomic E-state index is -0.549. The highest BCUT2D eigenvalue weighted by Gasteiger charge is 2.36. The predicted octanol–water partition coefficient (Wildman–Crippen LogP) is 3.72. The number of halogens is 1. The Hall–Kier alpha value is -2.95. The first-order valence-corrected chi connectivity index (χ1v) is 9.11. The van der Waals surface area contributed by atoms with E-state index >= 15 is 0 Å². The molecule has 1 aliphatic rings. The Morgan fingerprint density at radius 3 is 2.52 bits per heavy atom. The maximum Gasteiger partial charge on any atom is 0.257 e. The Morgan fingerprint density at radius 2 is 1.81 bits per heavy atom. The van der Waals surface area contributed by atoms with E-state index in [0.29, 0.717) is 19.4 Å². The van der Waals surface area contributed by atoms with E-state index in [1.54, 1.807) is 23.1 Å². The van der Waals surface area contributed by atoms with Gasteiger partial charge in [-0.2, -0.15) is 0 Å². The van der Waals surface area contributed by atoms with Crippen molar-refractivity contribution in [2.45, 2.75) is 18.9 Å². The highest BCUT2D eigenvalue weighted by molar-refractivity contribution is 5.95. The van der Waals surface area contributed by atoms with Crippen LogP contribution in [0, 0.1) is 11.7 Å². The van der Waals surface area contributed by atoms with Crippen molar-refractivity contribution in [1.29, 1.82) is 0 Å². The van der Waals surface area contributed by atoms with Gasteiger partial charge in [-0.3, -0.25) is 9.59 Å². The molecule has 1 saturated heterocycles. The molecule has 0 saturated carbocycles. The molecule has 1 heterocycles. The van der Waals surface area contributed by atoms with Crippen molar-refractivity contribution in [2.24, 2.45) is 5.92 Å². The number of likely N-dealkylation sites (tertiary alicyclic amines) is 1. The smallest absolute Gasteiger partial charge is 0.257 e. The maximum absolute atomic E-state index is 14.2. The van der Waals surface area contributed by atoms with Crippen molar-refractivity contribution in [3.8, 4) is 0 Å². The third-order valence-corrected chi connectivity index (χ3v) is 4.92. The lowest BCUT2D eigenvalue weighted by molar-refractivity contribution is -0.126. The summed E-state index contributed by atoms with van der Waals surface area (Å²) in [7, 11) is 0. The molecule has 1 fully saturated rings. The number of carbonyl (C=O) groups is 2. The molecule has 0 bridgehead atoms. The van der Waals surface area contributed by atoms with Gasteiger partial charge < -0.3 is 10.2 Å². The van der Waals surface area contributed by atoms with Crippen LogP contribution >= 0.6 is 0 Å². The largest absolute Gasteiger partial charge is 0.352 e. The molecular formula is C22H23FN2O2. The molecule has 2 aromatic rings. The summed E-state index contributed by atoms with van der Waals surface area (Å²) in [6, 6.07) is 15.5. The van der Waals surface area contributed by atoms with E-state index in [-0.39, 0.29) is 35.9 Å². The summed E-state index contributed by atoms with van der Waals surface area (Å²) in [6.07, 6.45) is 2.94. The fraction of sp³-hybridized carbons (Fsp3) is 0.273. The molecule has 27 heavy (non-hydrogen) atoms. The average molecular weight is 366 g/mol. The van der Waals surface area contributed by atoms with Crippen LogP contribution in [0.5, 0.6) is 0 Å². The molecule has 0 aromatic heterocycles. The zero-order valence-corrected chi connectivity index (χ0v) is 15.1. The normalized spacial score (nSPS) is 19.4. The SMILES string of the molecule is C=CCNC(=O)[C@@H]1CC[C@H](c2ccccc2)N(C(=O)c2ccccc2F)C1. The number of amides is 2. The highest BCUT2D eigenvalue weighted by atomic mass is 19.1. The number of carbonyl (C=O) groups excluding carboxylic acids is 2. The number of nitrogens with one attached hydrogen (secondary N) is 1. The minimum Gasteiger partial charge on any atom is -0.352 e. The van der Waals surface area contributed by atoms with Gasteiger partial charge in [0.2, 0.25) is 5.91 Å². The molecule has 0 spiro atoms. The fourth-order valence-electron chi connectivity index (χ4n) is 3.54. The summed E-state index contributed by atoms with van der Waals surface area (Å²) in [5.41, 5.74) is 1.03. The van der Waals surface area contributed by atoms with Gasteiger partial charge in [-0.15, -0.1) is 6.58 Å². The van der Waals surface area contributed by atoms with Crippen LogP contribution in [-0.2, 0) is 4.79 Å². The number of piperidine rings is 1. The van der Waals surface area contributed by atoms with Gasteiger partial charge >= 0.3 is 0 Å². The highest BCUT2D eigenvalue weighted by Crippen LogP contribution is 2.34. The number of hydrogen-bond acceptors (Lipinski definition) is 2. The molecule has 0 aliphatic carbocycles. The number of benzene rings is 2. The summed E-state index contributed by atoms with van der Waals surface area (Å²) >= 11 is 0. The van der Waals surface area contributed by atoms with Gasteiger partial charge in [0.05, 0.1) is 17.5 Å². The zero-order valence-electron chi connectivity index (χ0n) is 15.1. The number of nitrogens with zero attached hydrogens (tertiary/aromatic N) is 1. The topological polar surface area (TPSA) is 49.4 Å². The van der Waals surface area contributed by atoms with Gasteiger partial charge in [-0.05, 0) is 30.5 Å². The Morgan fingerprint density at radius 1 is 1.11 bits per heavy atom. The van der Waals surface area contributed by atoms with E-state index in [0.717, 1.165) is 5.56 Å². The molecule has 1 aliphatic heterocycles. The molecule has 3 rings (SSSR count). The lowest BCUT2D eigenvalue weighted by Gasteiger charge is -2.39. The van der Waals surface area contributed by atoms with E-state index in [2.05, 4.69) is 11.9 Å². The minimum absolute atomic E-state index is 0.0329. The van der Waals surface area contributed by atoms with Gasteiger partial charge in [0.1, 0.15) is 5.82 Å². The van der Waals surface area contributed by atoms with Gasteiger partial charge in [0, 0.05) is 13.1 Å². The van der Waals surface area contributed by atoms with Crippen molar-refractivity contribution in [3.05, 3.63) is 84.2 Å². The van der Waals surface area contributed by atoms with E-state index < -0.39 is 5.82 Å². The van der Waals surface area contributed by atoms with Gasteiger partial charge in [0.25, 0.3) is 5.91 Å². The number of rotatable bonds is 5. The van der Waals surface area contributed by atoms with Crippen LogP contribution in [0.15, 0.2) is 67.3 Å². The Balaban J connectivity index is 1.89. The van der Waals surface area contributed by atoms with Gasteiger partial charge in [-0.1, -0.05) is 48.5 Å². The lowest BCUT2D eigenvalue weighted by atomic mass is 9.87. The summed E-state index contributed by atoms with van der Waals surface area (Å²) in [5, 5.41) is 2.80. The Kier molecular flexibility index (Phi) is 6.01. The summed E-state index contributed by atoms with van der Waals surface area (Å²) in [5.74, 6) is -1.36. The van der Waals surface area contributed by atoms with E-state index in [4.69, 9.17) is 0 Å². The van der Waals surface area contributed by atoms with Crippen molar-refractivity contribution < 1.29 is 14.0 Å². The van der Waals surface area contributed by atoms with Crippen LogP contribution in [0.25, 0.3) is 0 Å². The maximum atomic E-state index is 14.2. The first-order chi connectivity index (χ1) is 13.1. The molecule has 140 valence electrons. The standard InChI is InChI=1S/C22H23FN2O2/c1-2-14-24-21(26)17-12-13-20(16-8-4-3-5-9-16)25(15-17)22(27)18-10-6-7-11-19(18)23/h2-11,17,20H,1,12-15H2,(H,24,26)/t17-,20-/m1/s1. The second-order valence-electron chi connectivity index (χ2n) is 6.67. The fourth-order valence-corrected chi connectivity index (χ4v) is 3.54. The first-order valence-electron chi connectivity index (χ1n) is 9.11. The van der Waals surface area contributed by atoms with Crippen LogP contribution < -0.4 is 5.32 Å². The van der Waals surface area contributed by atoms with E-state index in [1.807, 2.05) is 30.3 Å². The second kappa shape index (κ2) is 8.62. The second-order valence-corrected chi connectivity index (χ2v) is 6.67. The predicted molar refractivity (Wildman–Crippen MR) is 103 cm³/mol. The Labute approximate surface area is 158 Å². The van der Waals surface area contributed by atoms with Crippen LogP contribution in [0.1, 0.15) is 34.8 Å². The first kappa shape index (κ1) is 18.8. The molecule has 2 atom stereocenters. The van der Waals surface area contributed by atoms with E-state index in [9.17, 15) is 14.0 Å². The molecule has 0 unspecified atom stereocenters. The molecule has 2 aromatic carbocycles. The molecule has 2 amide bonds. The monoisotopic (exact) mass is 366 g/mol. The summed E-state index contributed by atoms with van der Waals surface area (Å²) in [6.45, 7) is 4.25. The molecule has 1 N–H and O–H groups in total. The van der Waals surface area contributed by atoms with Crippen LogP contribution in [-0.4, -0.2) is 29.8 Å². The third-order valence-electron chi connectivity index (χ3n) is 4.92. The molecule has 0 radical (unpaired) electrons. The number of hydrogen-bond donors (Lipinski definition) is 1. The van der Waals surface area contributed by atoms with Crippen molar-refractivity contribution >= 4 is 11.8 Å². The van der Waals surface area contributed by atoms with Crippen molar-refractivity contribution in [3.63, 3.8) is 0 Å². The van der Waals surface area contributed by atoms with Crippen molar-refractivity contribution in [2.75, 3.05) is 13.1 Å². The molecule has 5 heteroatoms. The molecular weight excluding hydrogens is 343 g/mol. The molecule has 4 nitrogen and oxygen atoms in total. The van der Waals surface area contributed by atoms with Crippen LogP contribution in [0.2, 0.25) is 0 Å². The summed E-state index contributed by atoms with van der Waals surface area (Å²) < 4.78 is 14.2. The van der Waals surface area contributed by atoms with Crippen LogP contribution in [0.3, 0.4) is 0 Å². The zero-order chi connectivity index (χ0) is 19.2. The van der Waals surface area contributed by atoms with E-state index in [1.165, 1.54) is 12.1 Å². The summed E-state index contributed by atoms with van der Waals surface area (Å²) in [4.78, 5) is 27.2. The van der Waals surface area contributed by atoms with Gasteiger partial charge in [-0.25, -0.2) is 4.39 Å². The average Bonchev–Trinajstić information content (AvgIpc) is 2.72. The van der Waals surface area contributed by atoms with Gasteiger partial charge in [0.15, 0.2) is 0 Å². The van der Waals surface area contributed by atoms with Crippen LogP contribution in [0.4, 0.5) is 4.39 Å². The quantitative estimate of drug-likeness (QED) is 0.820. The Bertz CT molecular complexity index is 822. The third kappa shape index (κ3) is 4.25.